The number of carbonyl (C=O) groups excluding carboxylic acids is 1. The summed E-state index contributed by atoms with van der Waals surface area (Å²) in [5.41, 5.74) is 6.08. The van der Waals surface area contributed by atoms with E-state index in [1.807, 2.05) is 42.1 Å². The molecule has 6 nitrogen and oxygen atoms in total. The van der Waals surface area contributed by atoms with Gasteiger partial charge in [-0.05, 0) is 42.8 Å². The Morgan fingerprint density at radius 3 is 2.67 bits per heavy atom. The SMILES string of the molecule is COc1cc(C(=O)/C=C/N2CCn3c(ccc3-c3ccccc3)C2)ccc1-n1cnc(C)c1. The molecule has 1 aliphatic rings. The van der Waals surface area contributed by atoms with Crippen LogP contribution in [0.25, 0.3) is 16.9 Å². The van der Waals surface area contributed by atoms with E-state index in [1.54, 1.807) is 25.6 Å². The van der Waals surface area contributed by atoms with E-state index in [4.69, 9.17) is 4.74 Å². The number of hydrogen-bond donors (Lipinski definition) is 0. The van der Waals surface area contributed by atoms with Crippen molar-refractivity contribution in [2.24, 2.45) is 0 Å². The van der Waals surface area contributed by atoms with Crippen molar-refractivity contribution in [3.05, 3.63) is 102 Å². The lowest BCUT2D eigenvalue weighted by atomic mass is 10.1. The standard InChI is InChI=1S/C27H26N4O2/c1-20-17-30(19-28-20)25-10-8-22(16-27(25)33-2)26(32)12-13-29-14-15-31-23(18-29)9-11-24(31)21-6-4-3-5-7-21/h3-13,16-17,19H,14-15,18H2,1-2H3/b13-12+. The maximum absolute atomic E-state index is 12.8. The molecule has 166 valence electrons. The number of imidazole rings is 1. The maximum Gasteiger partial charge on any atom is 0.187 e. The molecule has 0 N–H and O–H groups in total. The third-order valence-electron chi connectivity index (χ3n) is 6.01. The first kappa shape index (κ1) is 20.8. The summed E-state index contributed by atoms with van der Waals surface area (Å²) in [6.07, 6.45) is 7.21. The van der Waals surface area contributed by atoms with Gasteiger partial charge in [-0.25, -0.2) is 4.98 Å². The Morgan fingerprint density at radius 2 is 1.91 bits per heavy atom. The van der Waals surface area contributed by atoms with Gasteiger partial charge in [0.1, 0.15) is 5.75 Å². The summed E-state index contributed by atoms with van der Waals surface area (Å²) < 4.78 is 9.79. The van der Waals surface area contributed by atoms with Crippen molar-refractivity contribution in [2.75, 3.05) is 13.7 Å². The Kier molecular flexibility index (Phi) is 5.57. The van der Waals surface area contributed by atoms with Crippen LogP contribution in [0.4, 0.5) is 0 Å². The zero-order valence-corrected chi connectivity index (χ0v) is 18.8. The van der Waals surface area contributed by atoms with Crippen molar-refractivity contribution in [1.29, 1.82) is 0 Å². The van der Waals surface area contributed by atoms with E-state index in [9.17, 15) is 4.79 Å². The summed E-state index contributed by atoms with van der Waals surface area (Å²) >= 11 is 0. The lowest BCUT2D eigenvalue weighted by Crippen LogP contribution is -2.29. The number of allylic oxidation sites excluding steroid dienone is 1. The highest BCUT2D eigenvalue weighted by atomic mass is 16.5. The fourth-order valence-corrected chi connectivity index (χ4v) is 4.28. The molecular weight excluding hydrogens is 412 g/mol. The molecule has 0 amide bonds. The summed E-state index contributed by atoms with van der Waals surface area (Å²) in [5.74, 6) is 0.587. The van der Waals surface area contributed by atoms with Crippen LogP contribution >= 0.6 is 0 Å². The summed E-state index contributed by atoms with van der Waals surface area (Å²) in [5, 5.41) is 0. The monoisotopic (exact) mass is 438 g/mol. The van der Waals surface area contributed by atoms with Crippen molar-refractivity contribution < 1.29 is 9.53 Å². The molecule has 0 unspecified atom stereocenters. The molecule has 0 atom stereocenters. The van der Waals surface area contributed by atoms with Gasteiger partial charge in [0.2, 0.25) is 0 Å². The highest BCUT2D eigenvalue weighted by Gasteiger charge is 2.17. The van der Waals surface area contributed by atoms with Gasteiger partial charge in [0.15, 0.2) is 5.78 Å². The fraction of sp³-hybridized carbons (Fsp3) is 0.185. The molecule has 0 radical (unpaired) electrons. The lowest BCUT2D eigenvalue weighted by Gasteiger charge is -2.28. The van der Waals surface area contributed by atoms with Gasteiger partial charge in [0.05, 0.1) is 31.4 Å². The number of rotatable bonds is 6. The van der Waals surface area contributed by atoms with Crippen molar-refractivity contribution in [3.63, 3.8) is 0 Å². The molecule has 6 heteroatoms. The van der Waals surface area contributed by atoms with E-state index < -0.39 is 0 Å². The van der Waals surface area contributed by atoms with Crippen LogP contribution in [0.2, 0.25) is 0 Å². The molecule has 0 aliphatic carbocycles. The minimum atomic E-state index is -0.0485. The normalized spacial score (nSPS) is 13.3. The number of aromatic nitrogens is 3. The molecule has 0 saturated carbocycles. The van der Waals surface area contributed by atoms with Gasteiger partial charge < -0.3 is 18.8 Å². The van der Waals surface area contributed by atoms with Gasteiger partial charge in [0.25, 0.3) is 0 Å². The largest absolute Gasteiger partial charge is 0.495 e. The predicted octanol–water partition coefficient (Wildman–Crippen LogP) is 4.87. The number of hydrogen-bond acceptors (Lipinski definition) is 4. The Bertz CT molecular complexity index is 1320. The first-order valence-electron chi connectivity index (χ1n) is 11.0. The molecule has 33 heavy (non-hydrogen) atoms. The first-order valence-corrected chi connectivity index (χ1v) is 11.0. The average Bonchev–Trinajstić information content (AvgIpc) is 3.48. The quantitative estimate of drug-likeness (QED) is 0.318. The summed E-state index contributed by atoms with van der Waals surface area (Å²) in [6.45, 7) is 4.45. The van der Waals surface area contributed by atoms with E-state index in [2.05, 4.69) is 50.8 Å². The predicted molar refractivity (Wildman–Crippen MR) is 129 cm³/mol. The van der Waals surface area contributed by atoms with Gasteiger partial charge in [0, 0.05) is 48.5 Å². The van der Waals surface area contributed by atoms with Crippen LogP contribution < -0.4 is 4.74 Å². The van der Waals surface area contributed by atoms with Gasteiger partial charge in [-0.1, -0.05) is 30.3 Å². The van der Waals surface area contributed by atoms with Crippen LogP contribution in [0, 0.1) is 6.92 Å². The number of nitrogens with zero attached hydrogens (tertiary/aromatic N) is 4. The van der Waals surface area contributed by atoms with Gasteiger partial charge >= 0.3 is 0 Å². The summed E-state index contributed by atoms with van der Waals surface area (Å²) in [6, 6.07) is 20.3. The van der Waals surface area contributed by atoms with E-state index in [-0.39, 0.29) is 5.78 Å². The zero-order chi connectivity index (χ0) is 22.8. The third kappa shape index (κ3) is 4.20. The van der Waals surface area contributed by atoms with Crippen LogP contribution in [0.1, 0.15) is 21.7 Å². The molecule has 5 rings (SSSR count). The minimum absolute atomic E-state index is 0.0485. The van der Waals surface area contributed by atoms with Crippen molar-refractivity contribution in [1.82, 2.24) is 19.0 Å². The second-order valence-electron chi connectivity index (χ2n) is 8.19. The number of aryl methyl sites for hydroxylation is 1. The molecule has 3 heterocycles. The molecule has 2 aromatic heterocycles. The van der Waals surface area contributed by atoms with Gasteiger partial charge in [-0.3, -0.25) is 4.79 Å². The Balaban J connectivity index is 1.29. The molecule has 0 fully saturated rings. The Morgan fingerprint density at radius 1 is 1.06 bits per heavy atom. The number of carbonyl (C=O) groups is 1. The van der Waals surface area contributed by atoms with Crippen LogP contribution in [0.3, 0.4) is 0 Å². The second kappa shape index (κ2) is 8.82. The molecule has 0 saturated heterocycles. The lowest BCUT2D eigenvalue weighted by molar-refractivity contribution is 0.104. The summed E-state index contributed by atoms with van der Waals surface area (Å²) in [4.78, 5) is 19.3. The molecule has 0 spiro atoms. The van der Waals surface area contributed by atoms with Crippen LogP contribution in [0.15, 0.2) is 85.5 Å². The molecular formula is C27H26N4O2. The van der Waals surface area contributed by atoms with Crippen LogP contribution in [-0.2, 0) is 13.1 Å². The molecule has 4 aromatic rings. The van der Waals surface area contributed by atoms with Crippen LogP contribution in [-0.4, -0.2) is 38.5 Å². The minimum Gasteiger partial charge on any atom is -0.495 e. The second-order valence-corrected chi connectivity index (χ2v) is 8.19. The highest BCUT2D eigenvalue weighted by molar-refractivity contribution is 6.04. The fourth-order valence-electron chi connectivity index (χ4n) is 4.28. The van der Waals surface area contributed by atoms with E-state index in [1.165, 1.54) is 17.0 Å². The van der Waals surface area contributed by atoms with E-state index in [0.717, 1.165) is 31.0 Å². The maximum atomic E-state index is 12.8. The number of ether oxygens (including phenoxy) is 1. The first-order chi connectivity index (χ1) is 16.1. The number of ketones is 1. The number of benzene rings is 2. The number of methoxy groups -OCH3 is 1. The molecule has 1 aliphatic heterocycles. The van der Waals surface area contributed by atoms with E-state index >= 15 is 0 Å². The van der Waals surface area contributed by atoms with Gasteiger partial charge in [-0.15, -0.1) is 0 Å². The van der Waals surface area contributed by atoms with Crippen molar-refractivity contribution in [2.45, 2.75) is 20.0 Å². The summed E-state index contributed by atoms with van der Waals surface area (Å²) in [7, 11) is 1.61. The van der Waals surface area contributed by atoms with Crippen molar-refractivity contribution in [3.8, 4) is 22.7 Å². The average molecular weight is 439 g/mol. The van der Waals surface area contributed by atoms with Crippen LogP contribution in [0.5, 0.6) is 5.75 Å². The number of fused-ring (bicyclic) bond motifs is 1. The smallest absolute Gasteiger partial charge is 0.187 e. The Labute approximate surface area is 193 Å². The zero-order valence-electron chi connectivity index (χ0n) is 18.8. The molecule has 2 aromatic carbocycles. The van der Waals surface area contributed by atoms with Crippen molar-refractivity contribution >= 4 is 5.78 Å². The highest BCUT2D eigenvalue weighted by Crippen LogP contribution is 2.27. The van der Waals surface area contributed by atoms with Gasteiger partial charge in [-0.2, -0.15) is 0 Å². The topological polar surface area (TPSA) is 52.3 Å². The Hall–Kier alpha value is -4.06. The third-order valence-corrected chi connectivity index (χ3v) is 6.01. The van der Waals surface area contributed by atoms with E-state index in [0.29, 0.717) is 11.3 Å². The molecule has 0 bridgehead atoms.